The lowest BCUT2D eigenvalue weighted by Gasteiger charge is -2.28. The zero-order chi connectivity index (χ0) is 14.5. The summed E-state index contributed by atoms with van der Waals surface area (Å²) < 4.78 is 0. The second kappa shape index (κ2) is 7.28. The Hall–Kier alpha value is -1.06. The van der Waals surface area contributed by atoms with Crippen molar-refractivity contribution in [3.05, 3.63) is 29.3 Å². The Kier molecular flexibility index (Phi) is 5.15. The molecule has 1 aromatic rings. The van der Waals surface area contributed by atoms with Crippen LogP contribution in [0.25, 0.3) is 0 Å². The summed E-state index contributed by atoms with van der Waals surface area (Å²) in [6, 6.07) is 6.99. The highest BCUT2D eigenvalue weighted by atomic mass is 15.1. The summed E-state index contributed by atoms with van der Waals surface area (Å²) in [4.78, 5) is 4.98. The molecule has 0 saturated carbocycles. The van der Waals surface area contributed by atoms with Gasteiger partial charge < -0.3 is 15.1 Å². The Morgan fingerprint density at radius 1 is 1.05 bits per heavy atom. The van der Waals surface area contributed by atoms with Crippen LogP contribution in [0, 0.1) is 0 Å². The highest BCUT2D eigenvalue weighted by Crippen LogP contribution is 2.26. The normalized spacial score (nSPS) is 19.6. The van der Waals surface area contributed by atoms with Gasteiger partial charge in [0.2, 0.25) is 0 Å². The number of benzene rings is 1. The fourth-order valence-electron chi connectivity index (χ4n) is 3.60. The van der Waals surface area contributed by atoms with E-state index in [-0.39, 0.29) is 0 Å². The molecule has 1 N–H and O–H groups in total. The van der Waals surface area contributed by atoms with E-state index in [0.29, 0.717) is 0 Å². The summed E-state index contributed by atoms with van der Waals surface area (Å²) in [6.07, 6.45) is 6.72. The van der Waals surface area contributed by atoms with Crippen LogP contribution in [0.4, 0.5) is 5.69 Å². The van der Waals surface area contributed by atoms with Gasteiger partial charge >= 0.3 is 0 Å². The first-order valence-electron chi connectivity index (χ1n) is 8.59. The molecule has 1 fully saturated rings. The summed E-state index contributed by atoms with van der Waals surface area (Å²) in [5.74, 6) is 0. The average molecular weight is 287 g/mol. The van der Waals surface area contributed by atoms with Crippen molar-refractivity contribution in [2.24, 2.45) is 0 Å². The molecule has 116 valence electrons. The minimum atomic E-state index is 1.00. The van der Waals surface area contributed by atoms with Crippen LogP contribution in [0.5, 0.6) is 0 Å². The monoisotopic (exact) mass is 287 g/mol. The number of anilines is 1. The van der Waals surface area contributed by atoms with Crippen molar-refractivity contribution in [2.75, 3.05) is 44.7 Å². The summed E-state index contributed by atoms with van der Waals surface area (Å²) in [6.45, 7) is 7.11. The number of rotatable bonds is 5. The molecule has 1 aromatic carbocycles. The molecule has 3 nitrogen and oxygen atoms in total. The maximum atomic E-state index is 3.61. The molecule has 0 amide bonds. The molecule has 2 heterocycles. The topological polar surface area (TPSA) is 18.5 Å². The molecule has 0 unspecified atom stereocenters. The van der Waals surface area contributed by atoms with E-state index in [1.54, 1.807) is 0 Å². The SMILES string of the molecule is CN1CCCc2cc(CNCCN3CCCCC3)ccc21. The highest BCUT2D eigenvalue weighted by Gasteiger charge is 2.13. The summed E-state index contributed by atoms with van der Waals surface area (Å²) >= 11 is 0. The Labute approximate surface area is 129 Å². The zero-order valence-corrected chi connectivity index (χ0v) is 13.4. The largest absolute Gasteiger partial charge is 0.374 e. The summed E-state index contributed by atoms with van der Waals surface area (Å²) in [7, 11) is 2.20. The van der Waals surface area contributed by atoms with Crippen LogP contribution in [-0.2, 0) is 13.0 Å². The number of nitrogens with zero attached hydrogens (tertiary/aromatic N) is 2. The van der Waals surface area contributed by atoms with E-state index < -0.39 is 0 Å². The van der Waals surface area contributed by atoms with Gasteiger partial charge in [0.1, 0.15) is 0 Å². The predicted octanol–water partition coefficient (Wildman–Crippen LogP) is 2.64. The Morgan fingerprint density at radius 2 is 1.90 bits per heavy atom. The number of hydrogen-bond acceptors (Lipinski definition) is 3. The van der Waals surface area contributed by atoms with Crippen molar-refractivity contribution in [2.45, 2.75) is 38.6 Å². The van der Waals surface area contributed by atoms with Gasteiger partial charge in [-0.05, 0) is 56.0 Å². The second-order valence-electron chi connectivity index (χ2n) is 6.57. The first-order chi connectivity index (χ1) is 10.3. The molecular weight excluding hydrogens is 258 g/mol. The van der Waals surface area contributed by atoms with Crippen molar-refractivity contribution in [1.82, 2.24) is 10.2 Å². The van der Waals surface area contributed by atoms with Crippen LogP contribution in [0.1, 0.15) is 36.8 Å². The minimum absolute atomic E-state index is 1.00. The van der Waals surface area contributed by atoms with Crippen LogP contribution in [0.15, 0.2) is 18.2 Å². The van der Waals surface area contributed by atoms with E-state index in [1.165, 1.54) is 75.1 Å². The maximum absolute atomic E-state index is 3.61. The molecule has 0 radical (unpaired) electrons. The number of nitrogens with one attached hydrogen (secondary N) is 1. The Bertz CT molecular complexity index is 452. The number of likely N-dealkylation sites (tertiary alicyclic amines) is 1. The quantitative estimate of drug-likeness (QED) is 0.840. The molecule has 0 bridgehead atoms. The molecule has 21 heavy (non-hydrogen) atoms. The van der Waals surface area contributed by atoms with Crippen molar-refractivity contribution in [1.29, 1.82) is 0 Å². The molecule has 0 spiro atoms. The number of hydrogen-bond donors (Lipinski definition) is 1. The van der Waals surface area contributed by atoms with Gasteiger partial charge in [0.15, 0.2) is 0 Å². The molecule has 1 saturated heterocycles. The smallest absolute Gasteiger partial charge is 0.0396 e. The maximum Gasteiger partial charge on any atom is 0.0396 e. The third-order valence-electron chi connectivity index (χ3n) is 4.88. The van der Waals surface area contributed by atoms with Crippen LogP contribution >= 0.6 is 0 Å². The van der Waals surface area contributed by atoms with E-state index in [0.717, 1.165) is 13.1 Å². The predicted molar refractivity (Wildman–Crippen MR) is 90.0 cm³/mol. The van der Waals surface area contributed by atoms with E-state index in [1.807, 2.05) is 0 Å². The van der Waals surface area contributed by atoms with Crippen LogP contribution in [0.3, 0.4) is 0 Å². The van der Waals surface area contributed by atoms with E-state index >= 15 is 0 Å². The number of fused-ring (bicyclic) bond motifs is 1. The van der Waals surface area contributed by atoms with Crippen molar-refractivity contribution in [3.8, 4) is 0 Å². The highest BCUT2D eigenvalue weighted by molar-refractivity contribution is 5.56. The first kappa shape index (κ1) is 14.9. The zero-order valence-electron chi connectivity index (χ0n) is 13.4. The van der Waals surface area contributed by atoms with E-state index in [9.17, 15) is 0 Å². The molecule has 3 rings (SSSR count). The van der Waals surface area contributed by atoms with Gasteiger partial charge in [-0.1, -0.05) is 18.6 Å². The Balaban J connectivity index is 1.45. The van der Waals surface area contributed by atoms with Crippen molar-refractivity contribution in [3.63, 3.8) is 0 Å². The second-order valence-corrected chi connectivity index (χ2v) is 6.57. The molecule has 2 aliphatic rings. The van der Waals surface area contributed by atoms with E-state index in [2.05, 4.69) is 40.4 Å². The first-order valence-corrected chi connectivity index (χ1v) is 8.59. The fourth-order valence-corrected chi connectivity index (χ4v) is 3.60. The van der Waals surface area contributed by atoms with Gasteiger partial charge in [-0.2, -0.15) is 0 Å². The molecule has 2 aliphatic heterocycles. The minimum Gasteiger partial charge on any atom is -0.374 e. The van der Waals surface area contributed by atoms with E-state index in [4.69, 9.17) is 0 Å². The van der Waals surface area contributed by atoms with Crippen LogP contribution in [-0.4, -0.2) is 44.7 Å². The van der Waals surface area contributed by atoms with Crippen LogP contribution < -0.4 is 10.2 Å². The van der Waals surface area contributed by atoms with Gasteiger partial charge in [-0.25, -0.2) is 0 Å². The third kappa shape index (κ3) is 3.98. The van der Waals surface area contributed by atoms with Crippen LogP contribution in [0.2, 0.25) is 0 Å². The summed E-state index contributed by atoms with van der Waals surface area (Å²) in [5.41, 5.74) is 4.39. The lowest BCUT2D eigenvalue weighted by atomic mass is 9.99. The standard InChI is InChI=1S/C18H29N3/c1-20-10-5-6-17-14-16(7-8-18(17)20)15-19-9-13-21-11-3-2-4-12-21/h7-8,14,19H,2-6,9-13,15H2,1H3. The van der Waals surface area contributed by atoms with Crippen molar-refractivity contribution >= 4 is 5.69 Å². The van der Waals surface area contributed by atoms with Crippen molar-refractivity contribution < 1.29 is 0 Å². The number of piperidine rings is 1. The van der Waals surface area contributed by atoms with Gasteiger partial charge in [0.05, 0.1) is 0 Å². The molecular formula is C18H29N3. The Morgan fingerprint density at radius 3 is 2.76 bits per heavy atom. The van der Waals surface area contributed by atoms with Gasteiger partial charge in [0, 0.05) is 38.9 Å². The molecule has 3 heteroatoms. The fraction of sp³-hybridized carbons (Fsp3) is 0.667. The lowest BCUT2D eigenvalue weighted by Crippen LogP contribution is -2.35. The average Bonchev–Trinajstić information content (AvgIpc) is 2.53. The molecule has 0 atom stereocenters. The van der Waals surface area contributed by atoms with Gasteiger partial charge in [-0.3, -0.25) is 0 Å². The van der Waals surface area contributed by atoms with Gasteiger partial charge in [0.25, 0.3) is 0 Å². The molecule has 0 aliphatic carbocycles. The third-order valence-corrected chi connectivity index (χ3v) is 4.88. The van der Waals surface area contributed by atoms with Gasteiger partial charge in [-0.15, -0.1) is 0 Å². The lowest BCUT2D eigenvalue weighted by molar-refractivity contribution is 0.229. The molecule has 0 aromatic heterocycles. The number of aryl methyl sites for hydroxylation is 1. The summed E-state index contributed by atoms with van der Waals surface area (Å²) in [5, 5.41) is 3.61.